The number of nitrogens with zero attached hydrogens (tertiary/aromatic N) is 1. The molecule has 0 aliphatic carbocycles. The number of thiazole rings is 1. The van der Waals surface area contributed by atoms with E-state index < -0.39 is 0 Å². The SMILES string of the molecule is CNCc1sc(COc2ccccc2)nc1COC. The van der Waals surface area contributed by atoms with Crippen LogP contribution >= 0.6 is 11.3 Å². The van der Waals surface area contributed by atoms with E-state index in [1.165, 1.54) is 4.88 Å². The fraction of sp³-hybridized carbons (Fsp3) is 0.357. The zero-order valence-electron chi connectivity index (χ0n) is 11.2. The van der Waals surface area contributed by atoms with Crippen molar-refractivity contribution in [3.63, 3.8) is 0 Å². The van der Waals surface area contributed by atoms with Crippen LogP contribution in [0.15, 0.2) is 30.3 Å². The van der Waals surface area contributed by atoms with Crippen molar-refractivity contribution in [2.45, 2.75) is 19.8 Å². The fourth-order valence-electron chi connectivity index (χ4n) is 1.71. The summed E-state index contributed by atoms with van der Waals surface area (Å²) in [6.45, 7) is 1.84. The van der Waals surface area contributed by atoms with Gasteiger partial charge in [0.2, 0.25) is 0 Å². The quantitative estimate of drug-likeness (QED) is 0.845. The van der Waals surface area contributed by atoms with E-state index in [9.17, 15) is 0 Å². The van der Waals surface area contributed by atoms with Gasteiger partial charge >= 0.3 is 0 Å². The molecule has 0 aliphatic heterocycles. The smallest absolute Gasteiger partial charge is 0.140 e. The maximum Gasteiger partial charge on any atom is 0.140 e. The highest BCUT2D eigenvalue weighted by atomic mass is 32.1. The van der Waals surface area contributed by atoms with Crippen LogP contribution in [0.1, 0.15) is 15.6 Å². The number of benzene rings is 1. The molecule has 4 nitrogen and oxygen atoms in total. The average molecular weight is 278 g/mol. The van der Waals surface area contributed by atoms with Crippen LogP contribution in [0.3, 0.4) is 0 Å². The Labute approximate surface area is 117 Å². The Balaban J connectivity index is 2.02. The van der Waals surface area contributed by atoms with E-state index in [4.69, 9.17) is 9.47 Å². The molecule has 0 saturated heterocycles. The molecule has 0 saturated carbocycles. The van der Waals surface area contributed by atoms with Gasteiger partial charge < -0.3 is 14.8 Å². The summed E-state index contributed by atoms with van der Waals surface area (Å²) in [7, 11) is 3.61. The Morgan fingerprint density at radius 2 is 2.00 bits per heavy atom. The molecule has 5 heteroatoms. The lowest BCUT2D eigenvalue weighted by molar-refractivity contribution is 0.180. The van der Waals surface area contributed by atoms with Crippen molar-refractivity contribution in [3.05, 3.63) is 45.9 Å². The molecule has 0 atom stereocenters. The number of nitrogens with one attached hydrogen (secondary N) is 1. The predicted molar refractivity (Wildman–Crippen MR) is 76.4 cm³/mol. The number of hydrogen-bond acceptors (Lipinski definition) is 5. The largest absolute Gasteiger partial charge is 0.486 e. The van der Waals surface area contributed by atoms with Crippen molar-refractivity contribution in [1.29, 1.82) is 0 Å². The zero-order valence-corrected chi connectivity index (χ0v) is 12.0. The highest BCUT2D eigenvalue weighted by Gasteiger charge is 2.10. The number of aromatic nitrogens is 1. The van der Waals surface area contributed by atoms with Crippen LogP contribution < -0.4 is 10.1 Å². The van der Waals surface area contributed by atoms with Gasteiger partial charge in [-0.05, 0) is 19.2 Å². The van der Waals surface area contributed by atoms with Crippen LogP contribution in [0.2, 0.25) is 0 Å². The second-order valence-electron chi connectivity index (χ2n) is 4.04. The van der Waals surface area contributed by atoms with Gasteiger partial charge in [-0.1, -0.05) is 18.2 Å². The first-order chi connectivity index (χ1) is 9.33. The molecule has 0 amide bonds. The number of hydrogen-bond donors (Lipinski definition) is 1. The van der Waals surface area contributed by atoms with Crippen LogP contribution in [0.5, 0.6) is 5.75 Å². The van der Waals surface area contributed by atoms with Gasteiger partial charge in [-0.3, -0.25) is 0 Å². The maximum absolute atomic E-state index is 5.70. The molecule has 1 N–H and O–H groups in total. The summed E-state index contributed by atoms with van der Waals surface area (Å²) in [4.78, 5) is 5.77. The van der Waals surface area contributed by atoms with Crippen molar-refractivity contribution >= 4 is 11.3 Å². The monoisotopic (exact) mass is 278 g/mol. The summed E-state index contributed by atoms with van der Waals surface area (Å²) in [5.41, 5.74) is 0.994. The van der Waals surface area contributed by atoms with Gasteiger partial charge in [0.25, 0.3) is 0 Å². The first kappa shape index (κ1) is 14.0. The predicted octanol–water partition coefficient (Wildman–Crippen LogP) is 2.59. The highest BCUT2D eigenvalue weighted by Crippen LogP contribution is 2.21. The fourth-order valence-corrected chi connectivity index (χ4v) is 2.71. The Morgan fingerprint density at radius 3 is 2.68 bits per heavy atom. The summed E-state index contributed by atoms with van der Waals surface area (Å²) >= 11 is 1.66. The Morgan fingerprint density at radius 1 is 1.21 bits per heavy atom. The van der Waals surface area contributed by atoms with E-state index in [0.717, 1.165) is 23.0 Å². The van der Waals surface area contributed by atoms with Crippen molar-refractivity contribution < 1.29 is 9.47 Å². The minimum Gasteiger partial charge on any atom is -0.486 e. The first-order valence-corrected chi connectivity index (χ1v) is 6.94. The summed E-state index contributed by atoms with van der Waals surface area (Å²) < 4.78 is 10.9. The van der Waals surface area contributed by atoms with Gasteiger partial charge in [0.15, 0.2) is 0 Å². The molecule has 102 valence electrons. The van der Waals surface area contributed by atoms with Crippen molar-refractivity contribution in [1.82, 2.24) is 10.3 Å². The summed E-state index contributed by atoms with van der Waals surface area (Å²) in [6, 6.07) is 9.77. The van der Waals surface area contributed by atoms with Gasteiger partial charge in [-0.2, -0.15) is 0 Å². The highest BCUT2D eigenvalue weighted by molar-refractivity contribution is 7.11. The van der Waals surface area contributed by atoms with Crippen LogP contribution in [0.4, 0.5) is 0 Å². The molecule has 0 unspecified atom stereocenters. The van der Waals surface area contributed by atoms with E-state index in [2.05, 4.69) is 10.3 Å². The summed E-state index contributed by atoms with van der Waals surface area (Å²) in [5.74, 6) is 0.862. The molecule has 19 heavy (non-hydrogen) atoms. The molecule has 0 radical (unpaired) electrons. The normalized spacial score (nSPS) is 10.6. The third-order valence-corrected chi connectivity index (χ3v) is 3.62. The molecular formula is C14H18N2O2S. The van der Waals surface area contributed by atoms with Crippen LogP contribution in [-0.2, 0) is 24.5 Å². The van der Waals surface area contributed by atoms with Gasteiger partial charge in [0, 0.05) is 18.5 Å². The van der Waals surface area contributed by atoms with Crippen LogP contribution in [0, 0.1) is 0 Å². The lowest BCUT2D eigenvalue weighted by atomic mass is 10.3. The molecule has 1 aromatic heterocycles. The average Bonchev–Trinajstić information content (AvgIpc) is 2.81. The van der Waals surface area contributed by atoms with Gasteiger partial charge in [0.05, 0.1) is 12.3 Å². The molecule has 0 aliphatic rings. The van der Waals surface area contributed by atoms with E-state index in [1.807, 2.05) is 37.4 Å². The molecule has 2 aromatic rings. The molecule has 2 rings (SSSR count). The molecule has 0 fully saturated rings. The van der Waals surface area contributed by atoms with Crippen LogP contribution in [0.25, 0.3) is 0 Å². The van der Waals surface area contributed by atoms with Crippen LogP contribution in [-0.4, -0.2) is 19.1 Å². The van der Waals surface area contributed by atoms with Crippen molar-refractivity contribution in [2.24, 2.45) is 0 Å². The van der Waals surface area contributed by atoms with Crippen molar-refractivity contribution in [2.75, 3.05) is 14.2 Å². The zero-order chi connectivity index (χ0) is 13.5. The number of methoxy groups -OCH3 is 1. The second-order valence-corrected chi connectivity index (χ2v) is 5.21. The first-order valence-electron chi connectivity index (χ1n) is 6.12. The minimum atomic E-state index is 0.495. The van der Waals surface area contributed by atoms with Gasteiger partial charge in [0.1, 0.15) is 17.4 Å². The minimum absolute atomic E-state index is 0.495. The van der Waals surface area contributed by atoms with E-state index in [-0.39, 0.29) is 0 Å². The molecule has 1 aromatic carbocycles. The van der Waals surface area contributed by atoms with E-state index in [1.54, 1.807) is 18.4 Å². The van der Waals surface area contributed by atoms with E-state index in [0.29, 0.717) is 13.2 Å². The van der Waals surface area contributed by atoms with Crippen molar-refractivity contribution in [3.8, 4) is 5.75 Å². The van der Waals surface area contributed by atoms with E-state index >= 15 is 0 Å². The summed E-state index contributed by atoms with van der Waals surface area (Å²) in [6.07, 6.45) is 0. The van der Waals surface area contributed by atoms with Gasteiger partial charge in [-0.25, -0.2) is 4.98 Å². The maximum atomic E-state index is 5.70. The topological polar surface area (TPSA) is 43.4 Å². The molecule has 0 spiro atoms. The third-order valence-electron chi connectivity index (χ3n) is 2.55. The second kappa shape index (κ2) is 7.23. The lowest BCUT2D eigenvalue weighted by Crippen LogP contribution is -2.06. The molecule has 0 bridgehead atoms. The Bertz CT molecular complexity index is 476. The number of para-hydroxylation sites is 1. The Hall–Kier alpha value is -1.43. The van der Waals surface area contributed by atoms with Gasteiger partial charge in [-0.15, -0.1) is 11.3 Å². The summed E-state index contributed by atoms with van der Waals surface area (Å²) in [5, 5.41) is 4.12. The lowest BCUT2D eigenvalue weighted by Gasteiger charge is -2.02. The third kappa shape index (κ3) is 4.02. The molecule has 1 heterocycles. The Kier molecular flexibility index (Phi) is 5.32. The number of ether oxygens (including phenoxy) is 2. The molecular weight excluding hydrogens is 260 g/mol. The standard InChI is InChI=1S/C14H18N2O2S/c1-15-8-13-12(9-17-2)16-14(19-13)10-18-11-6-4-3-5-7-11/h3-7,15H,8-10H2,1-2H3. The number of rotatable bonds is 7.